The van der Waals surface area contributed by atoms with Crippen LogP contribution in [0, 0.1) is 37.1 Å². The van der Waals surface area contributed by atoms with Crippen LogP contribution in [0.4, 0.5) is 42.4 Å². The predicted molar refractivity (Wildman–Crippen MR) is 152 cm³/mol. The molecule has 3 heterocycles. The molecule has 0 fully saturated rings. The number of nitrogens with one attached hydrogen (secondary N) is 2. The molecule has 2 N–H and O–H groups in total. The van der Waals surface area contributed by atoms with Gasteiger partial charge in [-0.25, -0.2) is 27.5 Å². The number of rotatable bonds is 6. The minimum atomic E-state index is -4.65. The first-order valence-corrected chi connectivity index (χ1v) is 13.3. The van der Waals surface area contributed by atoms with E-state index in [-0.39, 0.29) is 28.7 Å². The van der Waals surface area contributed by atoms with Crippen molar-refractivity contribution in [1.29, 1.82) is 0 Å². The van der Waals surface area contributed by atoms with Crippen LogP contribution >= 0.6 is 0 Å². The number of pyridine rings is 1. The van der Waals surface area contributed by atoms with Gasteiger partial charge in [-0.15, -0.1) is 0 Å². The molecule has 0 unspecified atom stereocenters. The second-order valence-corrected chi connectivity index (χ2v) is 10.2. The van der Waals surface area contributed by atoms with Gasteiger partial charge in [0.25, 0.3) is 0 Å². The monoisotopic (exact) mass is 626 g/mol. The van der Waals surface area contributed by atoms with Crippen LogP contribution in [-0.4, -0.2) is 24.5 Å². The largest absolute Gasteiger partial charge is 0.457 e. The van der Waals surface area contributed by atoms with Crippen molar-refractivity contribution in [3.8, 4) is 34.3 Å². The van der Waals surface area contributed by atoms with Crippen molar-refractivity contribution >= 4 is 22.7 Å². The molecule has 45 heavy (non-hydrogen) atoms. The third-order valence-corrected chi connectivity index (χ3v) is 7.12. The SMILES string of the molecule is Cc1[nH]c(-c2cc(Oc3ccc4c(c3)nc(Nc3cc(C(F)(F)F)ccc3F)n4C)ccn2)nc1-c1cc(F)c(F)c(C)c1F. The number of aromatic nitrogens is 5. The average Bonchev–Trinajstić information content (AvgIpc) is 3.53. The van der Waals surface area contributed by atoms with Crippen LogP contribution in [0.25, 0.3) is 33.8 Å². The minimum absolute atomic E-state index is 0.0904. The van der Waals surface area contributed by atoms with E-state index in [1.54, 1.807) is 48.9 Å². The lowest BCUT2D eigenvalue weighted by molar-refractivity contribution is -0.137. The van der Waals surface area contributed by atoms with Crippen molar-refractivity contribution in [3.05, 3.63) is 101 Å². The lowest BCUT2D eigenvalue weighted by atomic mass is 10.1. The van der Waals surface area contributed by atoms with E-state index in [2.05, 4.69) is 25.3 Å². The van der Waals surface area contributed by atoms with Crippen LogP contribution in [0.1, 0.15) is 16.8 Å². The number of halogens is 7. The quantitative estimate of drug-likeness (QED) is 0.143. The molecule has 0 aliphatic carbocycles. The molecule has 230 valence electrons. The van der Waals surface area contributed by atoms with E-state index in [0.29, 0.717) is 46.1 Å². The molecule has 7 nitrogen and oxygen atoms in total. The number of aryl methyl sites for hydroxylation is 2. The first-order chi connectivity index (χ1) is 21.3. The molecule has 0 bridgehead atoms. The van der Waals surface area contributed by atoms with Gasteiger partial charge in [-0.05, 0) is 56.3 Å². The van der Waals surface area contributed by atoms with Crippen molar-refractivity contribution in [2.45, 2.75) is 20.0 Å². The number of nitrogens with zero attached hydrogens (tertiary/aromatic N) is 4. The van der Waals surface area contributed by atoms with E-state index < -0.39 is 40.6 Å². The number of hydrogen-bond donors (Lipinski definition) is 2. The normalized spacial score (nSPS) is 11.8. The van der Waals surface area contributed by atoms with Crippen LogP contribution in [-0.2, 0) is 13.2 Å². The molecule has 0 saturated carbocycles. The summed E-state index contributed by atoms with van der Waals surface area (Å²) >= 11 is 0. The Labute approximate surface area is 250 Å². The molecule has 14 heteroatoms. The summed E-state index contributed by atoms with van der Waals surface area (Å²) in [6.07, 6.45) is -3.19. The van der Waals surface area contributed by atoms with Gasteiger partial charge in [0.2, 0.25) is 5.95 Å². The number of alkyl halides is 3. The summed E-state index contributed by atoms with van der Waals surface area (Å²) in [5.74, 6) is -3.25. The average molecular weight is 627 g/mol. The number of H-pyrrole nitrogens is 1. The maximum Gasteiger partial charge on any atom is 0.416 e. The highest BCUT2D eigenvalue weighted by Crippen LogP contribution is 2.35. The molecule has 0 radical (unpaired) electrons. The molecular weight excluding hydrogens is 605 g/mol. The van der Waals surface area contributed by atoms with E-state index in [9.17, 15) is 30.7 Å². The molecule has 0 spiro atoms. The fourth-order valence-electron chi connectivity index (χ4n) is 4.76. The molecule has 0 amide bonds. The number of benzene rings is 3. The van der Waals surface area contributed by atoms with Gasteiger partial charge in [-0.3, -0.25) is 4.98 Å². The maximum atomic E-state index is 14.8. The smallest absolute Gasteiger partial charge is 0.416 e. The van der Waals surface area contributed by atoms with Crippen molar-refractivity contribution < 1.29 is 35.5 Å². The summed E-state index contributed by atoms with van der Waals surface area (Å²) in [6.45, 7) is 2.74. The van der Waals surface area contributed by atoms with E-state index in [1.807, 2.05) is 0 Å². The van der Waals surface area contributed by atoms with Gasteiger partial charge >= 0.3 is 6.18 Å². The summed E-state index contributed by atoms with van der Waals surface area (Å²) in [7, 11) is 1.62. The van der Waals surface area contributed by atoms with Crippen LogP contribution in [0.2, 0.25) is 0 Å². The third-order valence-electron chi connectivity index (χ3n) is 7.12. The Bertz CT molecular complexity index is 2100. The van der Waals surface area contributed by atoms with Crippen LogP contribution < -0.4 is 10.1 Å². The first-order valence-electron chi connectivity index (χ1n) is 13.3. The number of hydrogen-bond acceptors (Lipinski definition) is 5. The van der Waals surface area contributed by atoms with E-state index in [4.69, 9.17) is 4.74 Å². The Balaban J connectivity index is 1.26. The highest BCUT2D eigenvalue weighted by molar-refractivity contribution is 5.81. The Morgan fingerprint density at radius 3 is 2.36 bits per heavy atom. The zero-order chi connectivity index (χ0) is 32.2. The lowest BCUT2D eigenvalue weighted by Gasteiger charge is -2.11. The zero-order valence-corrected chi connectivity index (χ0v) is 23.6. The standard InChI is InChI=1S/C31H21F7N6O/c1-14-26(34)19(13-21(33)27(14)35)28-15(2)40-29(43-28)24-12-18(8-9-39-24)45-17-5-7-25-23(11-17)42-30(44(25)3)41-22-10-16(31(36,37)38)4-6-20(22)32/h4-13H,1-3H3,(H,40,43)(H,41,42). The van der Waals surface area contributed by atoms with Crippen LogP contribution in [0.15, 0.2) is 60.8 Å². The number of aromatic amines is 1. The highest BCUT2D eigenvalue weighted by Gasteiger charge is 2.31. The van der Waals surface area contributed by atoms with Crippen molar-refractivity contribution in [2.24, 2.45) is 7.05 Å². The van der Waals surface area contributed by atoms with Crippen LogP contribution in [0.3, 0.4) is 0 Å². The maximum absolute atomic E-state index is 14.8. The molecule has 0 saturated heterocycles. The topological polar surface area (TPSA) is 80.6 Å². The Kier molecular flexibility index (Phi) is 7.22. The summed E-state index contributed by atoms with van der Waals surface area (Å²) in [5.41, 5.74) is -0.251. The van der Waals surface area contributed by atoms with Gasteiger partial charge in [0.05, 0.1) is 28.0 Å². The van der Waals surface area contributed by atoms with Gasteiger partial charge < -0.3 is 19.6 Å². The molecular formula is C31H21F7N6O. The Hall–Kier alpha value is -5.40. The van der Waals surface area contributed by atoms with Crippen molar-refractivity contribution in [3.63, 3.8) is 0 Å². The zero-order valence-electron chi connectivity index (χ0n) is 23.6. The first kappa shape index (κ1) is 29.7. The predicted octanol–water partition coefficient (Wildman–Crippen LogP) is 8.75. The summed E-state index contributed by atoms with van der Waals surface area (Å²) in [5, 5.41) is 2.62. The molecule has 0 aliphatic heterocycles. The summed E-state index contributed by atoms with van der Waals surface area (Å²) in [4.78, 5) is 16.0. The van der Waals surface area contributed by atoms with E-state index in [1.165, 1.54) is 6.20 Å². The number of anilines is 2. The van der Waals surface area contributed by atoms with Crippen molar-refractivity contribution in [2.75, 3.05) is 5.32 Å². The molecule has 3 aromatic heterocycles. The van der Waals surface area contributed by atoms with Gasteiger partial charge in [0, 0.05) is 42.2 Å². The second-order valence-electron chi connectivity index (χ2n) is 10.2. The summed E-state index contributed by atoms with van der Waals surface area (Å²) < 4.78 is 104. The van der Waals surface area contributed by atoms with Crippen LogP contribution in [0.5, 0.6) is 11.5 Å². The fourth-order valence-corrected chi connectivity index (χ4v) is 4.76. The number of imidazole rings is 2. The minimum Gasteiger partial charge on any atom is -0.457 e. The van der Waals surface area contributed by atoms with E-state index in [0.717, 1.165) is 19.1 Å². The van der Waals surface area contributed by atoms with Crippen molar-refractivity contribution in [1.82, 2.24) is 24.5 Å². The number of ether oxygens (including phenoxy) is 1. The van der Waals surface area contributed by atoms with Gasteiger partial charge in [0.1, 0.15) is 28.8 Å². The van der Waals surface area contributed by atoms with Gasteiger partial charge in [-0.2, -0.15) is 13.2 Å². The van der Waals surface area contributed by atoms with Gasteiger partial charge in [-0.1, -0.05) is 0 Å². The highest BCUT2D eigenvalue weighted by atomic mass is 19.4. The molecule has 0 aliphatic rings. The second kappa shape index (κ2) is 10.9. The summed E-state index contributed by atoms with van der Waals surface area (Å²) in [6, 6.07) is 10.8. The molecule has 0 atom stereocenters. The Morgan fingerprint density at radius 1 is 0.844 bits per heavy atom. The Morgan fingerprint density at radius 2 is 1.60 bits per heavy atom. The fraction of sp³-hybridized carbons (Fsp3) is 0.129. The molecule has 6 aromatic rings. The lowest BCUT2D eigenvalue weighted by Crippen LogP contribution is -2.07. The molecule has 6 rings (SSSR count). The molecule has 3 aromatic carbocycles. The third kappa shape index (κ3) is 5.54. The number of fused-ring (bicyclic) bond motifs is 1. The van der Waals surface area contributed by atoms with E-state index >= 15 is 0 Å². The van der Waals surface area contributed by atoms with Gasteiger partial charge in [0.15, 0.2) is 17.5 Å².